The van der Waals surface area contributed by atoms with Gasteiger partial charge in [0.25, 0.3) is 5.91 Å². The zero-order valence-corrected chi connectivity index (χ0v) is 29.1. The maximum absolute atomic E-state index is 14.2. The van der Waals surface area contributed by atoms with Crippen molar-refractivity contribution in [1.82, 2.24) is 25.0 Å². The molecule has 3 amide bonds. The third-order valence-corrected chi connectivity index (χ3v) is 10.8. The number of carbonyl (C=O) groups excluding carboxylic acids is 3. The number of aliphatic hydroxyl groups is 1. The first-order chi connectivity index (χ1) is 23.9. The Kier molecular flexibility index (Phi) is 11.6. The zero-order valence-electron chi connectivity index (χ0n) is 29.1. The van der Waals surface area contributed by atoms with Crippen LogP contribution in [0.5, 0.6) is 11.5 Å². The van der Waals surface area contributed by atoms with Crippen molar-refractivity contribution in [1.29, 1.82) is 0 Å². The molecule has 3 saturated heterocycles. The first-order valence-electron chi connectivity index (χ1n) is 18.0. The predicted molar refractivity (Wildman–Crippen MR) is 186 cm³/mol. The number of amides is 3. The van der Waals surface area contributed by atoms with Crippen LogP contribution in [0, 0.1) is 11.8 Å². The molecule has 2 N–H and O–H groups in total. The summed E-state index contributed by atoms with van der Waals surface area (Å²) in [7, 11) is 3.27. The highest BCUT2D eigenvalue weighted by molar-refractivity contribution is 5.99. The highest BCUT2D eigenvalue weighted by Gasteiger charge is 2.44. The first kappa shape index (κ1) is 34.9. The lowest BCUT2D eigenvalue weighted by Gasteiger charge is -2.51. The van der Waals surface area contributed by atoms with Crippen LogP contribution in [0.2, 0.25) is 0 Å². The quantitative estimate of drug-likeness (QED) is 0.474. The number of anilines is 1. The van der Waals surface area contributed by atoms with Crippen LogP contribution in [0.25, 0.3) is 0 Å². The van der Waals surface area contributed by atoms with Gasteiger partial charge in [0.1, 0.15) is 5.82 Å². The Hall–Kier alpha value is -3.90. The number of rotatable bonds is 6. The summed E-state index contributed by atoms with van der Waals surface area (Å²) in [6.07, 6.45) is 7.04. The molecule has 5 heterocycles. The molecule has 12 heteroatoms. The van der Waals surface area contributed by atoms with Gasteiger partial charge in [-0.05, 0) is 79.7 Å². The second-order valence-corrected chi connectivity index (χ2v) is 13.9. The minimum absolute atomic E-state index is 0.00722. The summed E-state index contributed by atoms with van der Waals surface area (Å²) in [4.78, 5) is 54.2. The molecule has 266 valence electrons. The van der Waals surface area contributed by atoms with Gasteiger partial charge in [-0.25, -0.2) is 4.98 Å². The van der Waals surface area contributed by atoms with Gasteiger partial charge in [0, 0.05) is 84.0 Å². The lowest BCUT2D eigenvalue weighted by atomic mass is 9.77. The average Bonchev–Trinajstić information content (AvgIpc) is 3.12. The molecule has 12 nitrogen and oxygen atoms in total. The van der Waals surface area contributed by atoms with Crippen LogP contribution in [0.15, 0.2) is 30.5 Å². The number of aryl methyl sites for hydroxylation is 2. The number of hydrogen-bond donors (Lipinski definition) is 2. The number of aliphatic hydroxyl groups excluding tert-OH is 1. The molecule has 4 bridgehead atoms. The number of β-amino-alcohol motifs (C(OH)–C–C–N with tert-alkyl or cyclic N) is 1. The van der Waals surface area contributed by atoms with E-state index in [4.69, 9.17) is 9.47 Å². The van der Waals surface area contributed by atoms with Crippen molar-refractivity contribution in [2.45, 2.75) is 57.4 Å². The van der Waals surface area contributed by atoms with Crippen molar-refractivity contribution in [3.05, 3.63) is 47.2 Å². The van der Waals surface area contributed by atoms with E-state index in [9.17, 15) is 19.5 Å². The largest absolute Gasteiger partial charge is 0.493 e. The molecule has 3 fully saturated rings. The normalized spacial score (nSPS) is 24.2. The van der Waals surface area contributed by atoms with Crippen LogP contribution in [-0.2, 0) is 22.4 Å². The molecule has 6 rings (SSSR count). The van der Waals surface area contributed by atoms with Gasteiger partial charge in [0.15, 0.2) is 11.5 Å². The molecule has 4 aliphatic heterocycles. The van der Waals surface area contributed by atoms with E-state index in [1.165, 1.54) is 0 Å². The Balaban J connectivity index is 1.19. The number of ether oxygens (including phenoxy) is 2. The molecule has 4 aliphatic rings. The molecular formula is C37H52N6O6. The van der Waals surface area contributed by atoms with E-state index in [1.54, 1.807) is 20.4 Å². The van der Waals surface area contributed by atoms with Gasteiger partial charge in [-0.1, -0.05) is 6.07 Å². The van der Waals surface area contributed by atoms with Crippen molar-refractivity contribution >= 4 is 23.5 Å². The van der Waals surface area contributed by atoms with Crippen LogP contribution in [0.1, 0.15) is 60.0 Å². The third-order valence-electron chi connectivity index (χ3n) is 10.8. The fourth-order valence-corrected chi connectivity index (χ4v) is 8.38. The summed E-state index contributed by atoms with van der Waals surface area (Å²) in [6.45, 7) is 6.30. The molecule has 0 unspecified atom stereocenters. The zero-order chi connectivity index (χ0) is 34.3. The van der Waals surface area contributed by atoms with E-state index in [0.29, 0.717) is 75.5 Å². The molecule has 1 aromatic carbocycles. The van der Waals surface area contributed by atoms with Gasteiger partial charge in [0.2, 0.25) is 11.8 Å². The van der Waals surface area contributed by atoms with Gasteiger partial charge in [-0.3, -0.25) is 19.3 Å². The fraction of sp³-hybridized carbons (Fsp3) is 0.622. The molecule has 0 radical (unpaired) electrons. The monoisotopic (exact) mass is 676 g/mol. The van der Waals surface area contributed by atoms with Crippen molar-refractivity contribution < 1.29 is 29.0 Å². The van der Waals surface area contributed by atoms with E-state index in [1.807, 2.05) is 23.1 Å². The highest BCUT2D eigenvalue weighted by Crippen LogP contribution is 2.38. The van der Waals surface area contributed by atoms with Crippen LogP contribution in [0.4, 0.5) is 5.82 Å². The average molecular weight is 677 g/mol. The molecule has 49 heavy (non-hydrogen) atoms. The molecule has 0 saturated carbocycles. The minimum atomic E-state index is -0.0333. The van der Waals surface area contributed by atoms with Crippen LogP contribution in [0.3, 0.4) is 0 Å². The lowest BCUT2D eigenvalue weighted by Crippen LogP contribution is -2.60. The predicted octanol–water partition coefficient (Wildman–Crippen LogP) is 2.37. The number of carbonyl (C=O) groups is 3. The topological polar surface area (TPSA) is 128 Å². The number of hydrogen-bond acceptors (Lipinski definition) is 9. The second-order valence-electron chi connectivity index (χ2n) is 13.9. The number of nitrogens with one attached hydrogen (secondary N) is 1. The Morgan fingerprint density at radius 3 is 2.61 bits per heavy atom. The molecular weight excluding hydrogens is 624 g/mol. The van der Waals surface area contributed by atoms with E-state index >= 15 is 0 Å². The molecule has 0 spiro atoms. The second kappa shape index (κ2) is 16.2. The number of aromatic nitrogens is 1. The van der Waals surface area contributed by atoms with Crippen molar-refractivity contribution in [2.24, 2.45) is 11.8 Å². The maximum Gasteiger partial charge on any atom is 0.257 e. The van der Waals surface area contributed by atoms with E-state index in [-0.39, 0.29) is 42.2 Å². The summed E-state index contributed by atoms with van der Waals surface area (Å²) in [5.74, 6) is 2.55. The Labute approximate surface area is 289 Å². The minimum Gasteiger partial charge on any atom is -0.493 e. The number of pyridine rings is 1. The third kappa shape index (κ3) is 8.12. The highest BCUT2D eigenvalue weighted by atomic mass is 16.5. The SMILES string of the molecule is COc1cc2cc(c1OC)CCCNC(=O)CCC[C@H]1[C@@H]3C[C@@H](CN(C(=O)c4cccnc4N4CCN(CCO)CC4)C3)CN1C(=O)CC2. The summed E-state index contributed by atoms with van der Waals surface area (Å²) in [5, 5.41) is 12.4. The lowest BCUT2D eigenvalue weighted by molar-refractivity contribution is -0.140. The summed E-state index contributed by atoms with van der Waals surface area (Å²) in [5.41, 5.74) is 2.67. The number of piperidine rings is 2. The number of piperazine rings is 1. The van der Waals surface area contributed by atoms with Crippen molar-refractivity contribution in [3.63, 3.8) is 0 Å². The Morgan fingerprint density at radius 2 is 1.84 bits per heavy atom. The van der Waals surface area contributed by atoms with Crippen LogP contribution >= 0.6 is 0 Å². The number of fused-ring (bicyclic) bond motifs is 6. The number of methoxy groups -OCH3 is 2. The van der Waals surface area contributed by atoms with Gasteiger partial charge < -0.3 is 34.6 Å². The number of nitrogens with zero attached hydrogens (tertiary/aromatic N) is 5. The number of benzene rings is 1. The molecule has 2 aromatic rings. The van der Waals surface area contributed by atoms with Crippen molar-refractivity contribution in [3.8, 4) is 11.5 Å². The van der Waals surface area contributed by atoms with Crippen LogP contribution < -0.4 is 19.7 Å². The number of likely N-dealkylation sites (tertiary alicyclic amines) is 1. The van der Waals surface area contributed by atoms with Crippen molar-refractivity contribution in [2.75, 3.05) is 84.6 Å². The Morgan fingerprint density at radius 1 is 1.00 bits per heavy atom. The van der Waals surface area contributed by atoms with Gasteiger partial charge in [-0.15, -0.1) is 0 Å². The van der Waals surface area contributed by atoms with E-state index in [0.717, 1.165) is 68.8 Å². The summed E-state index contributed by atoms with van der Waals surface area (Å²) in [6, 6.07) is 7.76. The standard InChI is InChI=1S/C37H52N6O6/c1-48-32-22-26-10-11-34(46)43-24-27-21-29(31(43)8-3-9-33(45)38-12-4-6-28(20-26)35(32)49-2)25-42(23-27)37(47)30-7-5-13-39-36(30)41-16-14-40(15-17-41)18-19-44/h5,7,13,20,22,27,29,31,44H,3-4,6,8-12,14-19,21,23-25H2,1-2H3,(H,38,45)/t27-,29+,31-/m0/s1. The summed E-state index contributed by atoms with van der Waals surface area (Å²) < 4.78 is 11.3. The molecule has 0 aliphatic carbocycles. The molecule has 1 aromatic heterocycles. The smallest absolute Gasteiger partial charge is 0.257 e. The van der Waals surface area contributed by atoms with Gasteiger partial charge in [0.05, 0.1) is 26.4 Å². The van der Waals surface area contributed by atoms with E-state index < -0.39 is 0 Å². The fourth-order valence-electron chi connectivity index (χ4n) is 8.38. The van der Waals surface area contributed by atoms with E-state index in [2.05, 4.69) is 31.1 Å². The first-order valence-corrected chi connectivity index (χ1v) is 18.0. The Bertz CT molecular complexity index is 1480. The maximum atomic E-state index is 14.2. The van der Waals surface area contributed by atoms with Gasteiger partial charge >= 0.3 is 0 Å². The summed E-state index contributed by atoms with van der Waals surface area (Å²) >= 11 is 0. The van der Waals surface area contributed by atoms with Crippen LogP contribution in [-0.4, -0.2) is 128 Å². The molecule has 3 atom stereocenters. The van der Waals surface area contributed by atoms with Gasteiger partial charge in [-0.2, -0.15) is 0 Å².